The zero-order chi connectivity index (χ0) is 11.4. The summed E-state index contributed by atoms with van der Waals surface area (Å²) in [6, 6.07) is 7.27. The quantitative estimate of drug-likeness (QED) is 0.846. The summed E-state index contributed by atoms with van der Waals surface area (Å²) in [5, 5.41) is 3.33. The van der Waals surface area contributed by atoms with Crippen molar-refractivity contribution in [2.45, 2.75) is 18.9 Å². The number of hydrogen-bond acceptors (Lipinski definition) is 2. The predicted molar refractivity (Wildman–Crippen MR) is 61.9 cm³/mol. The number of rotatable bonds is 3. The Hall–Kier alpha value is -0.930. The molecule has 1 N–H and O–H groups in total. The molecule has 1 aromatic carbocycles. The minimum atomic E-state index is -0.172. The van der Waals surface area contributed by atoms with Gasteiger partial charge in [0.2, 0.25) is 0 Å². The van der Waals surface area contributed by atoms with Gasteiger partial charge in [-0.1, -0.05) is 12.1 Å². The maximum Gasteiger partial charge on any atom is 0.123 e. The van der Waals surface area contributed by atoms with Gasteiger partial charge in [-0.15, -0.1) is 0 Å². The molecule has 2 rings (SSSR count). The highest BCUT2D eigenvalue weighted by Gasteiger charge is 2.24. The summed E-state index contributed by atoms with van der Waals surface area (Å²) >= 11 is 0. The molecule has 1 aliphatic rings. The molecule has 1 heterocycles. The number of ether oxygens (including phenoxy) is 1. The fraction of sp³-hybridized carbons (Fsp3) is 0.538. The van der Waals surface area contributed by atoms with Crippen LogP contribution < -0.4 is 5.32 Å². The average molecular weight is 223 g/mol. The van der Waals surface area contributed by atoms with E-state index >= 15 is 0 Å². The third kappa shape index (κ3) is 2.80. The average Bonchev–Trinajstić information content (AvgIpc) is 2.33. The Morgan fingerprint density at radius 1 is 1.38 bits per heavy atom. The lowest BCUT2D eigenvalue weighted by Crippen LogP contribution is -2.41. The van der Waals surface area contributed by atoms with Crippen molar-refractivity contribution in [1.82, 2.24) is 5.32 Å². The van der Waals surface area contributed by atoms with Gasteiger partial charge in [0.15, 0.2) is 0 Å². The third-order valence-corrected chi connectivity index (χ3v) is 3.26. The van der Waals surface area contributed by atoms with E-state index in [4.69, 9.17) is 4.74 Å². The fourth-order valence-electron chi connectivity index (χ4n) is 2.30. The van der Waals surface area contributed by atoms with Crippen LogP contribution in [0.4, 0.5) is 4.39 Å². The summed E-state index contributed by atoms with van der Waals surface area (Å²) in [4.78, 5) is 0. The lowest BCUT2D eigenvalue weighted by Gasteiger charge is -2.31. The second-order valence-corrected chi connectivity index (χ2v) is 4.35. The van der Waals surface area contributed by atoms with Gasteiger partial charge in [-0.25, -0.2) is 4.39 Å². The van der Waals surface area contributed by atoms with Crippen LogP contribution in [0.15, 0.2) is 24.3 Å². The molecular formula is C13H18FNO. The molecule has 1 fully saturated rings. The van der Waals surface area contributed by atoms with Crippen LogP contribution in [0.1, 0.15) is 12.0 Å². The first-order valence-corrected chi connectivity index (χ1v) is 5.79. The lowest BCUT2D eigenvalue weighted by molar-refractivity contribution is 0.0342. The molecule has 1 aromatic rings. The largest absolute Gasteiger partial charge is 0.381 e. The number of benzene rings is 1. The zero-order valence-electron chi connectivity index (χ0n) is 9.58. The first-order chi connectivity index (χ1) is 7.79. The molecule has 0 bridgehead atoms. The van der Waals surface area contributed by atoms with Gasteiger partial charge in [0, 0.05) is 18.6 Å². The fourth-order valence-corrected chi connectivity index (χ4v) is 2.30. The second kappa shape index (κ2) is 5.41. The van der Waals surface area contributed by atoms with Crippen molar-refractivity contribution in [3.8, 4) is 0 Å². The molecule has 0 aliphatic carbocycles. The van der Waals surface area contributed by atoms with E-state index in [9.17, 15) is 4.39 Å². The van der Waals surface area contributed by atoms with Gasteiger partial charge in [-0.2, -0.15) is 0 Å². The summed E-state index contributed by atoms with van der Waals surface area (Å²) in [5.41, 5.74) is 1.18. The van der Waals surface area contributed by atoms with Crippen molar-refractivity contribution in [1.29, 1.82) is 0 Å². The van der Waals surface area contributed by atoms with Crippen LogP contribution in [-0.4, -0.2) is 26.3 Å². The highest BCUT2D eigenvalue weighted by Crippen LogP contribution is 2.19. The maximum absolute atomic E-state index is 12.8. The van der Waals surface area contributed by atoms with E-state index in [-0.39, 0.29) is 5.82 Å². The highest BCUT2D eigenvalue weighted by atomic mass is 19.1. The van der Waals surface area contributed by atoms with Gasteiger partial charge in [-0.05, 0) is 37.6 Å². The molecule has 3 heteroatoms. The second-order valence-electron chi connectivity index (χ2n) is 4.35. The minimum Gasteiger partial charge on any atom is -0.381 e. The molecule has 16 heavy (non-hydrogen) atoms. The van der Waals surface area contributed by atoms with E-state index in [0.717, 1.165) is 26.1 Å². The SMILES string of the molecule is CN[C@H]1CCOC[C@@H]1Cc1ccc(F)cc1. The van der Waals surface area contributed by atoms with Gasteiger partial charge < -0.3 is 10.1 Å². The van der Waals surface area contributed by atoms with Crippen molar-refractivity contribution in [2.75, 3.05) is 20.3 Å². The molecule has 0 spiro atoms. The van der Waals surface area contributed by atoms with Crippen molar-refractivity contribution >= 4 is 0 Å². The molecule has 0 unspecified atom stereocenters. The first-order valence-electron chi connectivity index (χ1n) is 5.79. The standard InChI is InChI=1S/C13H18FNO/c1-15-13-6-7-16-9-11(13)8-10-2-4-12(14)5-3-10/h2-5,11,13,15H,6-9H2,1H3/t11-,13-/m0/s1. The molecule has 1 saturated heterocycles. The lowest BCUT2D eigenvalue weighted by atomic mass is 9.89. The molecule has 88 valence electrons. The van der Waals surface area contributed by atoms with E-state index in [1.54, 1.807) is 0 Å². The topological polar surface area (TPSA) is 21.3 Å². The van der Waals surface area contributed by atoms with Crippen molar-refractivity contribution in [3.05, 3.63) is 35.6 Å². The Morgan fingerprint density at radius 3 is 2.81 bits per heavy atom. The molecule has 0 saturated carbocycles. The number of nitrogens with one attached hydrogen (secondary N) is 1. The van der Waals surface area contributed by atoms with Gasteiger partial charge in [-0.3, -0.25) is 0 Å². The monoisotopic (exact) mass is 223 g/mol. The van der Waals surface area contributed by atoms with Crippen LogP contribution in [0.2, 0.25) is 0 Å². The minimum absolute atomic E-state index is 0.172. The first kappa shape index (κ1) is 11.6. The van der Waals surface area contributed by atoms with Crippen LogP contribution in [0.3, 0.4) is 0 Å². The molecular weight excluding hydrogens is 205 g/mol. The van der Waals surface area contributed by atoms with Crippen LogP contribution in [0.25, 0.3) is 0 Å². The van der Waals surface area contributed by atoms with Crippen molar-refractivity contribution < 1.29 is 9.13 Å². The normalized spacial score (nSPS) is 25.6. The molecule has 0 radical (unpaired) electrons. The zero-order valence-corrected chi connectivity index (χ0v) is 9.58. The molecule has 0 amide bonds. The summed E-state index contributed by atoms with van der Waals surface area (Å²) in [7, 11) is 1.99. The van der Waals surface area contributed by atoms with Crippen LogP contribution in [0, 0.1) is 11.7 Å². The van der Waals surface area contributed by atoms with Crippen molar-refractivity contribution in [2.24, 2.45) is 5.92 Å². The Morgan fingerprint density at radius 2 is 2.12 bits per heavy atom. The maximum atomic E-state index is 12.8. The molecule has 2 atom stereocenters. The van der Waals surface area contributed by atoms with Gasteiger partial charge in [0.05, 0.1) is 6.61 Å². The van der Waals surface area contributed by atoms with E-state index in [1.807, 2.05) is 19.2 Å². The van der Waals surface area contributed by atoms with E-state index in [1.165, 1.54) is 17.7 Å². The molecule has 0 aromatic heterocycles. The predicted octanol–water partition coefficient (Wildman–Crippen LogP) is 1.99. The summed E-state index contributed by atoms with van der Waals surface area (Å²) in [5.74, 6) is 0.318. The molecule has 1 aliphatic heterocycles. The van der Waals surface area contributed by atoms with E-state index in [2.05, 4.69) is 5.32 Å². The number of halogens is 1. The number of hydrogen-bond donors (Lipinski definition) is 1. The van der Waals surface area contributed by atoms with Crippen LogP contribution in [-0.2, 0) is 11.2 Å². The third-order valence-electron chi connectivity index (χ3n) is 3.26. The molecule has 2 nitrogen and oxygen atoms in total. The Kier molecular flexibility index (Phi) is 3.91. The van der Waals surface area contributed by atoms with E-state index < -0.39 is 0 Å². The van der Waals surface area contributed by atoms with E-state index in [0.29, 0.717) is 12.0 Å². The van der Waals surface area contributed by atoms with Gasteiger partial charge in [0.25, 0.3) is 0 Å². The Bertz CT molecular complexity index is 325. The highest BCUT2D eigenvalue weighted by molar-refractivity contribution is 5.17. The smallest absolute Gasteiger partial charge is 0.123 e. The Labute approximate surface area is 95.8 Å². The van der Waals surface area contributed by atoms with Gasteiger partial charge >= 0.3 is 0 Å². The summed E-state index contributed by atoms with van der Waals surface area (Å²) < 4.78 is 18.3. The summed E-state index contributed by atoms with van der Waals surface area (Å²) in [6.07, 6.45) is 2.01. The van der Waals surface area contributed by atoms with Gasteiger partial charge in [0.1, 0.15) is 5.82 Å². The van der Waals surface area contributed by atoms with Crippen molar-refractivity contribution in [3.63, 3.8) is 0 Å². The van der Waals surface area contributed by atoms with Crippen LogP contribution in [0.5, 0.6) is 0 Å². The summed E-state index contributed by atoms with van der Waals surface area (Å²) in [6.45, 7) is 1.63. The Balaban J connectivity index is 1.99. The van der Waals surface area contributed by atoms with Crippen LogP contribution >= 0.6 is 0 Å².